The van der Waals surface area contributed by atoms with Crippen molar-refractivity contribution in [1.82, 2.24) is 10.1 Å². The molecule has 0 spiro atoms. The Kier molecular flexibility index (Phi) is 5.42. The van der Waals surface area contributed by atoms with Gasteiger partial charge in [0.05, 0.1) is 12.8 Å². The number of esters is 1. The number of nitrogens with one attached hydrogen (secondary N) is 1. The average molecular weight is 377 g/mol. The zero-order valence-corrected chi connectivity index (χ0v) is 14.7. The monoisotopic (exact) mass is 376 g/mol. The summed E-state index contributed by atoms with van der Waals surface area (Å²) in [6, 6.07) is 8.77. The van der Waals surface area contributed by atoms with Gasteiger partial charge in [0.25, 0.3) is 0 Å². The topological polar surface area (TPSA) is 89.6 Å². The predicted molar refractivity (Wildman–Crippen MR) is 96.2 cm³/mol. The van der Waals surface area contributed by atoms with Gasteiger partial charge in [0.1, 0.15) is 5.69 Å². The molecule has 25 heavy (non-hydrogen) atoms. The van der Waals surface area contributed by atoms with Crippen molar-refractivity contribution in [1.29, 1.82) is 0 Å². The molecule has 1 aromatic carbocycles. The molecule has 2 heterocycles. The van der Waals surface area contributed by atoms with Crippen molar-refractivity contribution < 1.29 is 14.1 Å². The number of hydrazone groups is 1. The van der Waals surface area contributed by atoms with Crippen LogP contribution in [0.15, 0.2) is 45.3 Å². The second kappa shape index (κ2) is 7.91. The molecule has 3 aromatic rings. The number of ether oxygens (including phenoxy) is 1. The molecule has 3 rings (SSSR count). The first-order valence-electron chi connectivity index (χ1n) is 7.30. The van der Waals surface area contributed by atoms with Crippen LogP contribution in [0.1, 0.15) is 23.0 Å². The van der Waals surface area contributed by atoms with Crippen LogP contribution in [0.4, 0.5) is 5.13 Å². The summed E-state index contributed by atoms with van der Waals surface area (Å²) in [6.45, 7) is 2.00. The third-order valence-corrected chi connectivity index (χ3v) is 3.99. The molecule has 0 aliphatic carbocycles. The number of rotatable bonds is 6. The van der Waals surface area contributed by atoms with Gasteiger partial charge in [0.15, 0.2) is 11.5 Å². The maximum absolute atomic E-state index is 11.6. The lowest BCUT2D eigenvalue weighted by atomic mass is 10.2. The van der Waals surface area contributed by atoms with Gasteiger partial charge in [-0.05, 0) is 24.6 Å². The molecule has 0 amide bonds. The molecule has 128 valence electrons. The smallest absolute Gasteiger partial charge is 0.360 e. The van der Waals surface area contributed by atoms with Crippen molar-refractivity contribution in [3.05, 3.63) is 52.0 Å². The Morgan fingerprint density at radius 3 is 3.00 bits per heavy atom. The first-order valence-corrected chi connectivity index (χ1v) is 8.56. The van der Waals surface area contributed by atoms with E-state index >= 15 is 0 Å². The molecule has 1 N–H and O–H groups in total. The van der Waals surface area contributed by atoms with Crippen LogP contribution in [0, 0.1) is 0 Å². The molecule has 0 aliphatic rings. The third-order valence-electron chi connectivity index (χ3n) is 3.00. The van der Waals surface area contributed by atoms with Crippen molar-refractivity contribution in [3.63, 3.8) is 0 Å². The van der Waals surface area contributed by atoms with Crippen LogP contribution in [-0.2, 0) is 4.74 Å². The van der Waals surface area contributed by atoms with E-state index in [0.717, 1.165) is 5.56 Å². The lowest BCUT2D eigenvalue weighted by molar-refractivity contribution is 0.0514. The summed E-state index contributed by atoms with van der Waals surface area (Å²) in [5.74, 6) is -0.146. The van der Waals surface area contributed by atoms with Gasteiger partial charge in [-0.25, -0.2) is 9.78 Å². The number of thiazole rings is 1. The van der Waals surface area contributed by atoms with Crippen LogP contribution in [0.25, 0.3) is 11.5 Å². The predicted octanol–water partition coefficient (Wildman–Crippen LogP) is 4.07. The van der Waals surface area contributed by atoms with Gasteiger partial charge >= 0.3 is 5.97 Å². The summed E-state index contributed by atoms with van der Waals surface area (Å²) in [6.07, 6.45) is 1.66. The number of benzene rings is 1. The first kappa shape index (κ1) is 17.1. The highest BCUT2D eigenvalue weighted by Crippen LogP contribution is 2.25. The Morgan fingerprint density at radius 2 is 2.24 bits per heavy atom. The van der Waals surface area contributed by atoms with Gasteiger partial charge in [-0.15, -0.1) is 11.3 Å². The average Bonchev–Trinajstić information content (AvgIpc) is 3.26. The highest BCUT2D eigenvalue weighted by atomic mass is 35.5. The Hall–Kier alpha value is -2.71. The third kappa shape index (κ3) is 4.43. The quantitative estimate of drug-likeness (QED) is 0.396. The van der Waals surface area contributed by atoms with Crippen molar-refractivity contribution in [2.75, 3.05) is 12.0 Å². The van der Waals surface area contributed by atoms with Gasteiger partial charge in [-0.2, -0.15) is 5.10 Å². The summed E-state index contributed by atoms with van der Waals surface area (Å²) < 4.78 is 10.00. The fraction of sp³-hybridized carbons (Fsp3) is 0.125. The normalized spacial score (nSPS) is 11.0. The Balaban J connectivity index is 1.64. The standard InChI is InChI=1S/C16H13ClN4O3S/c1-2-23-15(22)12-7-14(24-21-12)13-9-25-16(19-13)20-18-8-10-3-5-11(17)6-4-10/h3-9H,2H2,1H3,(H,19,20). The fourth-order valence-electron chi connectivity index (χ4n) is 1.85. The van der Waals surface area contributed by atoms with E-state index in [2.05, 4.69) is 20.7 Å². The number of carbonyl (C=O) groups excluding carboxylic acids is 1. The number of carbonyl (C=O) groups is 1. The maximum Gasteiger partial charge on any atom is 0.360 e. The van der Waals surface area contributed by atoms with Crippen molar-refractivity contribution in [3.8, 4) is 11.5 Å². The van der Waals surface area contributed by atoms with Crippen LogP contribution in [0.5, 0.6) is 0 Å². The number of halogens is 1. The molecule has 0 saturated heterocycles. The number of anilines is 1. The number of hydrogen-bond acceptors (Lipinski definition) is 8. The molecule has 0 unspecified atom stereocenters. The molecular formula is C16H13ClN4O3S. The number of hydrogen-bond donors (Lipinski definition) is 1. The Morgan fingerprint density at radius 1 is 1.44 bits per heavy atom. The van der Waals surface area contributed by atoms with Gasteiger partial charge in [0, 0.05) is 16.5 Å². The Bertz CT molecular complexity index is 889. The minimum absolute atomic E-state index is 0.111. The second-order valence-electron chi connectivity index (χ2n) is 4.76. The molecule has 0 aliphatic heterocycles. The summed E-state index contributed by atoms with van der Waals surface area (Å²) >= 11 is 7.18. The van der Waals surface area contributed by atoms with Crippen molar-refractivity contribution in [2.24, 2.45) is 5.10 Å². The molecule has 0 bridgehead atoms. The second-order valence-corrected chi connectivity index (χ2v) is 6.05. The van der Waals surface area contributed by atoms with E-state index in [1.54, 1.807) is 30.7 Å². The van der Waals surface area contributed by atoms with Crippen LogP contribution < -0.4 is 5.43 Å². The molecule has 9 heteroatoms. The molecular weight excluding hydrogens is 364 g/mol. The number of nitrogens with zero attached hydrogens (tertiary/aromatic N) is 3. The minimum Gasteiger partial charge on any atom is -0.461 e. The lowest BCUT2D eigenvalue weighted by Gasteiger charge is -1.94. The van der Waals surface area contributed by atoms with E-state index in [1.807, 2.05) is 12.1 Å². The van der Waals surface area contributed by atoms with E-state index in [0.29, 0.717) is 21.6 Å². The van der Waals surface area contributed by atoms with Gasteiger partial charge < -0.3 is 9.26 Å². The van der Waals surface area contributed by atoms with Crippen LogP contribution in [0.2, 0.25) is 5.02 Å². The fourth-order valence-corrected chi connectivity index (χ4v) is 2.62. The van der Waals surface area contributed by atoms with Gasteiger partial charge in [-0.1, -0.05) is 28.9 Å². The Labute approximate surface area is 152 Å². The zero-order chi connectivity index (χ0) is 17.6. The molecule has 2 aromatic heterocycles. The summed E-state index contributed by atoms with van der Waals surface area (Å²) in [5, 5.41) is 10.8. The van der Waals surface area contributed by atoms with E-state index in [-0.39, 0.29) is 12.3 Å². The molecule has 0 saturated carbocycles. The lowest BCUT2D eigenvalue weighted by Crippen LogP contribution is -2.04. The minimum atomic E-state index is -0.529. The van der Waals surface area contributed by atoms with E-state index in [9.17, 15) is 4.79 Å². The largest absolute Gasteiger partial charge is 0.461 e. The molecule has 7 nitrogen and oxygen atoms in total. The molecule has 0 atom stereocenters. The number of aromatic nitrogens is 2. The summed E-state index contributed by atoms with van der Waals surface area (Å²) in [7, 11) is 0. The SMILES string of the molecule is CCOC(=O)c1cc(-c2csc(NN=Cc3ccc(Cl)cc3)n2)on1. The summed E-state index contributed by atoms with van der Waals surface area (Å²) in [4.78, 5) is 15.9. The molecule has 0 fully saturated rings. The van der Waals surface area contributed by atoms with Crippen molar-refractivity contribution >= 4 is 40.3 Å². The van der Waals surface area contributed by atoms with Gasteiger partial charge in [0.2, 0.25) is 5.13 Å². The highest BCUT2D eigenvalue weighted by molar-refractivity contribution is 7.14. The van der Waals surface area contributed by atoms with Gasteiger partial charge in [-0.3, -0.25) is 5.43 Å². The molecule has 0 radical (unpaired) electrons. The van der Waals surface area contributed by atoms with Crippen molar-refractivity contribution in [2.45, 2.75) is 6.92 Å². The summed E-state index contributed by atoms with van der Waals surface area (Å²) in [5.41, 5.74) is 4.41. The zero-order valence-electron chi connectivity index (χ0n) is 13.1. The van der Waals surface area contributed by atoms with Crippen LogP contribution in [-0.4, -0.2) is 28.9 Å². The first-order chi connectivity index (χ1) is 12.2. The highest BCUT2D eigenvalue weighted by Gasteiger charge is 2.16. The van der Waals surface area contributed by atoms with Crippen LogP contribution >= 0.6 is 22.9 Å². The van der Waals surface area contributed by atoms with E-state index < -0.39 is 5.97 Å². The van der Waals surface area contributed by atoms with Crippen LogP contribution in [0.3, 0.4) is 0 Å². The van der Waals surface area contributed by atoms with E-state index in [1.165, 1.54) is 17.4 Å². The maximum atomic E-state index is 11.6. The van der Waals surface area contributed by atoms with E-state index in [4.69, 9.17) is 20.9 Å².